The first-order valence-corrected chi connectivity index (χ1v) is 46.1. The van der Waals surface area contributed by atoms with Crippen molar-refractivity contribution in [2.75, 3.05) is 0 Å². The first-order valence-electron chi connectivity index (χ1n) is 46.1. The highest BCUT2D eigenvalue weighted by Gasteiger charge is 2.97. The summed E-state index contributed by atoms with van der Waals surface area (Å²) in [6.07, 6.45) is 90.3. The lowest BCUT2D eigenvalue weighted by atomic mass is 9.01. The normalized spacial score (nSPS) is 56.5. The number of fused-ring (bicyclic) bond motifs is 3. The Balaban J connectivity index is 0.0000000734. The van der Waals surface area contributed by atoms with Crippen LogP contribution in [0.15, 0.2) is 0 Å². The van der Waals surface area contributed by atoms with Gasteiger partial charge in [-0.2, -0.15) is 0 Å². The number of hydrogen-bond donors (Lipinski definition) is 0. The molecule has 0 heterocycles. The highest BCUT2D eigenvalue weighted by atomic mass is 15.0. The molecule has 1 spiro atoms. The third-order valence-electron chi connectivity index (χ3n) is 38.6. The van der Waals surface area contributed by atoms with E-state index in [1.807, 2.05) is 0 Å². The van der Waals surface area contributed by atoms with E-state index < -0.39 is 0 Å². The van der Waals surface area contributed by atoms with Crippen LogP contribution in [0.2, 0.25) is 0 Å². The Hall–Kier alpha value is 0. The minimum absolute atomic E-state index is 0.906. The smallest absolute Gasteiger partial charge is 0.0266 e. The number of hydrogen-bond acceptors (Lipinski definition) is 0. The molecular weight excluding hydrogens is 1120 g/mol. The fraction of sp³-hybridized carbons (Fsp3) is 1.00. The summed E-state index contributed by atoms with van der Waals surface area (Å²) < 4.78 is 0. The molecule has 20 bridgehead atoms. The fourth-order valence-electron chi connectivity index (χ4n) is 35.5. The molecule has 15 atom stereocenters. The van der Waals surface area contributed by atoms with Crippen molar-refractivity contribution in [2.45, 2.75) is 372 Å². The number of rotatable bonds is 0. The molecule has 33 fully saturated rings. The van der Waals surface area contributed by atoms with Crippen molar-refractivity contribution < 1.29 is 0 Å². The van der Waals surface area contributed by atoms with E-state index in [0.717, 1.165) is 11.3 Å². The lowest BCUT2D eigenvalue weighted by Crippen LogP contribution is -3.00. The average molecular weight is 1270 g/mol. The minimum Gasteiger partial charge on any atom is -0.0533 e. The molecule has 0 saturated heterocycles. The van der Waals surface area contributed by atoms with Crippen molar-refractivity contribution in [3.05, 3.63) is 0 Å². The standard InChI is InChI=1S/C11H14.2C11H18.C10H16.C9H14.C8H8.C8H16.C7H10.C7H14.C6H12.C5H10/c1-4-5-2-9-8(1)10-6(4)3-7(5)11(9)10;1-3-9-7-10-4-2-6-11(10,5-1)8-9;1-2-4-10-9-5-6-11(10)8(3-1)7-9;1-7-2-9-4-8(1)5-10(3-7)6-9;1-6-2-8-4-7(1)5-9(8)3-6;1-2-5-3(1)7-4(1)6(2)8(5)7;1-2-4-6-8-7-5-3-1;1-4-2-6-5(1)7(6)3-4;1-2-4-6-7-5-3-1;1-2-4-6-5-3-1;1-2-4-5-3-1/h4-11H,1-3H2;9-10H,1-8H2;8-11H,1-7H2;7-10H,1-6H2;6-9H,1-5H2;1-8H;1-8H2;4-7H,1-3H2;1-7H2;1-6H2;1-5H2. The van der Waals surface area contributed by atoms with Crippen LogP contribution >= 0.6 is 0 Å². The lowest BCUT2D eigenvalue weighted by molar-refractivity contribution is -0.565. The van der Waals surface area contributed by atoms with Gasteiger partial charge in [0.15, 0.2) is 0 Å². The van der Waals surface area contributed by atoms with Crippen molar-refractivity contribution in [1.29, 1.82) is 0 Å². The van der Waals surface area contributed by atoms with Gasteiger partial charge in [-0.3, -0.25) is 0 Å². The Kier molecular flexibility index (Phi) is 19.0. The molecular formula is C93H150. The van der Waals surface area contributed by atoms with Crippen LogP contribution in [0.1, 0.15) is 372 Å². The van der Waals surface area contributed by atoms with Gasteiger partial charge in [0.2, 0.25) is 0 Å². The highest BCUT2D eigenvalue weighted by Crippen LogP contribution is 3.01. The van der Waals surface area contributed by atoms with E-state index in [1.165, 1.54) is 362 Å². The second-order valence-electron chi connectivity index (χ2n) is 42.6. The van der Waals surface area contributed by atoms with Crippen LogP contribution in [0, 0.1) is 207 Å². The second kappa shape index (κ2) is 27.6. The molecule has 33 aliphatic rings. The van der Waals surface area contributed by atoms with Gasteiger partial charge in [-0.1, -0.05) is 205 Å². The molecule has 0 aromatic heterocycles. The molecule has 0 heteroatoms. The summed E-state index contributed by atoms with van der Waals surface area (Å²) in [7, 11) is 0. The van der Waals surface area contributed by atoms with Gasteiger partial charge in [-0.25, -0.2) is 0 Å². The van der Waals surface area contributed by atoms with E-state index in [1.54, 1.807) is 205 Å². The molecule has 33 saturated carbocycles. The van der Waals surface area contributed by atoms with Gasteiger partial charge in [0.1, 0.15) is 0 Å². The zero-order chi connectivity index (χ0) is 61.1. The minimum atomic E-state index is 0.906. The molecule has 0 radical (unpaired) electrons. The lowest BCUT2D eigenvalue weighted by Gasteiger charge is -3.03. The zero-order valence-corrected chi connectivity index (χ0v) is 61.1. The third kappa shape index (κ3) is 12.0. The summed E-state index contributed by atoms with van der Waals surface area (Å²) in [6.45, 7) is 0. The predicted octanol–water partition coefficient (Wildman–Crippen LogP) is 26.8. The second-order valence-corrected chi connectivity index (χ2v) is 42.6. The fourth-order valence-corrected chi connectivity index (χ4v) is 35.5. The van der Waals surface area contributed by atoms with Crippen molar-refractivity contribution in [2.24, 2.45) is 207 Å². The van der Waals surface area contributed by atoms with Gasteiger partial charge in [0.05, 0.1) is 0 Å². The Morgan fingerprint density at radius 2 is 0.452 bits per heavy atom. The van der Waals surface area contributed by atoms with Crippen LogP contribution in [-0.4, -0.2) is 0 Å². The predicted molar refractivity (Wildman–Crippen MR) is 389 cm³/mol. The van der Waals surface area contributed by atoms with Crippen LogP contribution in [0.4, 0.5) is 0 Å². The third-order valence-corrected chi connectivity index (χ3v) is 38.6. The summed E-state index contributed by atoms with van der Waals surface area (Å²) in [5.41, 5.74) is 0.906. The van der Waals surface area contributed by atoms with Crippen LogP contribution in [-0.2, 0) is 0 Å². The topological polar surface area (TPSA) is 0 Å². The van der Waals surface area contributed by atoms with Gasteiger partial charge < -0.3 is 0 Å². The summed E-state index contributed by atoms with van der Waals surface area (Å²) in [4.78, 5) is 0. The van der Waals surface area contributed by atoms with E-state index in [-0.39, 0.29) is 0 Å². The van der Waals surface area contributed by atoms with Crippen LogP contribution in [0.25, 0.3) is 0 Å². The SMILES string of the molecule is C12C3C4C1C1C2C3C41.C1C2C3CC4C5CC3C1C5C24.C1C2CC3C1C3C2.C1C2CC3CC1CC(C2)C3.C1C2CC3CC1CC3C2.C1CC2CC3CCCC3(C1)C2.C1CCC2C3CCC2C(C1)C3.C1CCCC1.C1CCCCC1.C1CCCCCC1.C1CCCCCCC1. The molecule has 522 valence electrons. The molecule has 0 aromatic rings. The van der Waals surface area contributed by atoms with Gasteiger partial charge in [-0.05, 0) is 374 Å². The Morgan fingerprint density at radius 1 is 0.151 bits per heavy atom. The molecule has 0 aromatic carbocycles. The molecule has 15 unspecified atom stereocenters. The van der Waals surface area contributed by atoms with E-state index in [0.29, 0.717) is 0 Å². The van der Waals surface area contributed by atoms with Gasteiger partial charge in [-0.15, -0.1) is 0 Å². The molecule has 93 heavy (non-hydrogen) atoms. The molecule has 0 N–H and O–H groups in total. The molecule has 33 rings (SSSR count). The summed E-state index contributed by atoms with van der Waals surface area (Å²) in [5.74, 6) is 42.4. The monoisotopic (exact) mass is 1270 g/mol. The first kappa shape index (κ1) is 63.9. The van der Waals surface area contributed by atoms with E-state index in [4.69, 9.17) is 0 Å². The maximum absolute atomic E-state index is 1.68. The van der Waals surface area contributed by atoms with Gasteiger partial charge >= 0.3 is 0 Å². The highest BCUT2D eigenvalue weighted by molar-refractivity contribution is 5.44. The van der Waals surface area contributed by atoms with E-state index >= 15 is 0 Å². The van der Waals surface area contributed by atoms with Crippen LogP contribution in [0.5, 0.6) is 0 Å². The van der Waals surface area contributed by atoms with E-state index in [2.05, 4.69) is 0 Å². The zero-order valence-electron chi connectivity index (χ0n) is 61.1. The van der Waals surface area contributed by atoms with Crippen molar-refractivity contribution >= 4 is 0 Å². The average Bonchev–Trinajstić information content (AvgIpc) is 1.54. The van der Waals surface area contributed by atoms with Gasteiger partial charge in [0.25, 0.3) is 0 Å². The first-order chi connectivity index (χ1) is 46.1. The Labute approximate surface area is 575 Å². The maximum atomic E-state index is 1.68. The quantitative estimate of drug-likeness (QED) is 0.212. The molecule has 0 aliphatic heterocycles. The summed E-state index contributed by atoms with van der Waals surface area (Å²) in [6, 6.07) is 0. The summed E-state index contributed by atoms with van der Waals surface area (Å²) in [5, 5.41) is 0. The Bertz CT molecular complexity index is 2090. The maximum Gasteiger partial charge on any atom is -0.0266 e. The molecule has 0 amide bonds. The van der Waals surface area contributed by atoms with E-state index in [9.17, 15) is 0 Å². The van der Waals surface area contributed by atoms with Crippen LogP contribution < -0.4 is 0 Å². The molecule has 33 aliphatic carbocycles. The largest absolute Gasteiger partial charge is 0.0533 e. The molecule has 0 nitrogen and oxygen atoms in total. The summed E-state index contributed by atoms with van der Waals surface area (Å²) >= 11 is 0. The van der Waals surface area contributed by atoms with Crippen molar-refractivity contribution in [3.63, 3.8) is 0 Å². The van der Waals surface area contributed by atoms with Crippen molar-refractivity contribution in [1.82, 2.24) is 0 Å². The Morgan fingerprint density at radius 3 is 0.817 bits per heavy atom. The van der Waals surface area contributed by atoms with Gasteiger partial charge in [0, 0.05) is 0 Å². The van der Waals surface area contributed by atoms with Crippen LogP contribution in [0.3, 0.4) is 0 Å². The van der Waals surface area contributed by atoms with Crippen molar-refractivity contribution in [3.8, 4) is 0 Å².